The molecular formula is C22H25ClN4O5. The molecule has 0 unspecified atom stereocenters. The number of rotatable bonds is 7. The quantitative estimate of drug-likeness (QED) is 0.553. The van der Waals surface area contributed by atoms with Gasteiger partial charge in [0, 0.05) is 60.5 Å². The number of carboxylic acids is 2. The van der Waals surface area contributed by atoms with Crippen LogP contribution in [0.4, 0.5) is 0 Å². The summed E-state index contributed by atoms with van der Waals surface area (Å²) < 4.78 is 6.79. The van der Waals surface area contributed by atoms with Gasteiger partial charge in [0.15, 0.2) is 0 Å². The first kappa shape index (κ1) is 22.3. The average molecular weight is 461 g/mol. The minimum Gasteiger partial charge on any atom is -0.480 e. The third kappa shape index (κ3) is 4.36. The van der Waals surface area contributed by atoms with Crippen LogP contribution in [0.15, 0.2) is 28.9 Å². The summed E-state index contributed by atoms with van der Waals surface area (Å²) in [5.41, 5.74) is 3.13. The zero-order chi connectivity index (χ0) is 23.0. The normalized spacial score (nSPS) is 16.5. The van der Waals surface area contributed by atoms with Crippen molar-refractivity contribution < 1.29 is 24.3 Å². The fourth-order valence-corrected chi connectivity index (χ4v) is 4.57. The second-order valence-corrected chi connectivity index (χ2v) is 8.56. The molecule has 1 fully saturated rings. The number of aromatic nitrogens is 2. The van der Waals surface area contributed by atoms with Crippen LogP contribution in [-0.2, 0) is 22.7 Å². The summed E-state index contributed by atoms with van der Waals surface area (Å²) in [5, 5.41) is 24.5. The summed E-state index contributed by atoms with van der Waals surface area (Å²) >= 11 is 6.12. The molecule has 170 valence electrons. The lowest BCUT2D eigenvalue weighted by molar-refractivity contribution is -0.144. The summed E-state index contributed by atoms with van der Waals surface area (Å²) in [6.07, 6.45) is 1.63. The molecule has 0 radical (unpaired) electrons. The Balaban J connectivity index is 1.58. The van der Waals surface area contributed by atoms with Gasteiger partial charge in [0.1, 0.15) is 18.3 Å². The molecule has 2 aromatic heterocycles. The van der Waals surface area contributed by atoms with Crippen molar-refractivity contribution in [1.82, 2.24) is 19.5 Å². The molecule has 1 aliphatic rings. The van der Waals surface area contributed by atoms with Gasteiger partial charge in [0.05, 0.1) is 11.2 Å². The van der Waals surface area contributed by atoms with Gasteiger partial charge in [0.2, 0.25) is 0 Å². The predicted molar refractivity (Wildman–Crippen MR) is 118 cm³/mol. The fraction of sp³-hybridized carbons (Fsp3) is 0.409. The zero-order valence-electron chi connectivity index (χ0n) is 17.9. The zero-order valence-corrected chi connectivity index (χ0v) is 18.7. The minimum atomic E-state index is -1.01. The lowest BCUT2D eigenvalue weighted by Crippen LogP contribution is -2.48. The molecule has 10 heteroatoms. The molecule has 0 amide bonds. The van der Waals surface area contributed by atoms with Crippen molar-refractivity contribution in [3.8, 4) is 0 Å². The van der Waals surface area contributed by atoms with Crippen LogP contribution < -0.4 is 0 Å². The molecular weight excluding hydrogens is 436 g/mol. The number of halogens is 1. The second-order valence-electron chi connectivity index (χ2n) is 8.12. The maximum absolute atomic E-state index is 12.3. The highest BCUT2D eigenvalue weighted by atomic mass is 35.5. The SMILES string of the molecule is Cc1noc(C)c1CN1CCN([C@H](C(=O)O)c2cn(CC(=O)O)c3cc(Cl)ccc23)CC1. The van der Waals surface area contributed by atoms with Gasteiger partial charge in [-0.2, -0.15) is 0 Å². The topological polar surface area (TPSA) is 112 Å². The number of hydrogen-bond donors (Lipinski definition) is 2. The molecule has 0 aliphatic carbocycles. The first-order chi connectivity index (χ1) is 15.2. The summed E-state index contributed by atoms with van der Waals surface area (Å²) in [4.78, 5) is 27.9. The van der Waals surface area contributed by atoms with E-state index in [0.29, 0.717) is 54.2 Å². The van der Waals surface area contributed by atoms with Gasteiger partial charge in [-0.15, -0.1) is 0 Å². The Labute approximate surface area is 189 Å². The van der Waals surface area contributed by atoms with E-state index >= 15 is 0 Å². The van der Waals surface area contributed by atoms with E-state index in [1.165, 1.54) is 0 Å². The first-order valence-electron chi connectivity index (χ1n) is 10.4. The summed E-state index contributed by atoms with van der Waals surface area (Å²) in [7, 11) is 0. The number of nitrogens with zero attached hydrogens (tertiary/aromatic N) is 4. The van der Waals surface area contributed by atoms with E-state index in [2.05, 4.69) is 10.1 Å². The second kappa shape index (κ2) is 8.93. The largest absolute Gasteiger partial charge is 0.480 e. The number of aliphatic carboxylic acids is 2. The van der Waals surface area contributed by atoms with Crippen LogP contribution >= 0.6 is 11.6 Å². The van der Waals surface area contributed by atoms with E-state index in [0.717, 1.165) is 17.0 Å². The number of carboxylic acid groups (broad SMARTS) is 2. The lowest BCUT2D eigenvalue weighted by Gasteiger charge is -2.37. The van der Waals surface area contributed by atoms with E-state index in [4.69, 9.17) is 16.1 Å². The molecule has 0 saturated carbocycles. The molecule has 1 aromatic carbocycles. The monoisotopic (exact) mass is 460 g/mol. The number of carbonyl (C=O) groups is 2. The Kier molecular flexibility index (Phi) is 6.23. The molecule has 4 rings (SSSR count). The molecule has 3 heterocycles. The third-order valence-electron chi connectivity index (χ3n) is 6.04. The molecule has 1 atom stereocenters. The van der Waals surface area contributed by atoms with Gasteiger partial charge >= 0.3 is 11.9 Å². The van der Waals surface area contributed by atoms with Gasteiger partial charge in [-0.3, -0.25) is 19.4 Å². The van der Waals surface area contributed by atoms with Crippen molar-refractivity contribution in [3.63, 3.8) is 0 Å². The van der Waals surface area contributed by atoms with Crippen molar-refractivity contribution in [3.05, 3.63) is 52.0 Å². The summed E-state index contributed by atoms with van der Waals surface area (Å²) in [6, 6.07) is 4.24. The van der Waals surface area contributed by atoms with Gasteiger partial charge in [-0.05, 0) is 26.0 Å². The van der Waals surface area contributed by atoms with E-state index in [1.807, 2.05) is 18.7 Å². The smallest absolute Gasteiger partial charge is 0.325 e. The van der Waals surface area contributed by atoms with Crippen molar-refractivity contribution in [2.24, 2.45) is 0 Å². The number of aryl methyl sites for hydroxylation is 2. The Morgan fingerprint density at radius 3 is 2.50 bits per heavy atom. The van der Waals surface area contributed by atoms with E-state index in [9.17, 15) is 19.8 Å². The van der Waals surface area contributed by atoms with Gasteiger partial charge in [0.25, 0.3) is 0 Å². The summed E-state index contributed by atoms with van der Waals surface area (Å²) in [6.45, 7) is 6.80. The number of hydrogen-bond acceptors (Lipinski definition) is 6. The van der Waals surface area contributed by atoms with Crippen LogP contribution in [0.3, 0.4) is 0 Å². The molecule has 1 aliphatic heterocycles. The van der Waals surface area contributed by atoms with Crippen LogP contribution in [0.1, 0.15) is 28.6 Å². The molecule has 0 bridgehead atoms. The summed E-state index contributed by atoms with van der Waals surface area (Å²) in [5.74, 6) is -1.17. The average Bonchev–Trinajstić information content (AvgIpc) is 3.23. The highest BCUT2D eigenvalue weighted by molar-refractivity contribution is 6.31. The number of piperazine rings is 1. The standard InChI is InChI=1S/C22H25ClN4O5/c1-13-17(14(2)32-24-13)10-25-5-7-26(8-6-25)21(22(30)31)18-11-27(12-20(28)29)19-9-15(23)3-4-16(18)19/h3-4,9,11,21H,5-8,10,12H2,1-2H3,(H,28,29)(H,30,31)/t21-/m0/s1. The highest BCUT2D eigenvalue weighted by Gasteiger charge is 2.33. The van der Waals surface area contributed by atoms with Crippen LogP contribution in [0.25, 0.3) is 10.9 Å². The minimum absolute atomic E-state index is 0.269. The first-order valence-corrected chi connectivity index (χ1v) is 10.7. The van der Waals surface area contributed by atoms with Crippen LogP contribution in [0.5, 0.6) is 0 Å². The molecule has 32 heavy (non-hydrogen) atoms. The Hall–Kier alpha value is -2.88. The van der Waals surface area contributed by atoms with Crippen molar-refractivity contribution in [1.29, 1.82) is 0 Å². The molecule has 0 spiro atoms. The maximum atomic E-state index is 12.3. The van der Waals surface area contributed by atoms with Gasteiger partial charge < -0.3 is 19.3 Å². The van der Waals surface area contributed by atoms with Gasteiger partial charge in [-0.1, -0.05) is 22.8 Å². The van der Waals surface area contributed by atoms with Crippen LogP contribution in [0.2, 0.25) is 5.02 Å². The van der Waals surface area contributed by atoms with Gasteiger partial charge in [-0.25, -0.2) is 0 Å². The molecule has 1 saturated heterocycles. The molecule has 2 N–H and O–H groups in total. The molecule has 3 aromatic rings. The Bertz CT molecular complexity index is 1140. The van der Waals surface area contributed by atoms with Crippen molar-refractivity contribution >= 4 is 34.4 Å². The number of benzene rings is 1. The van der Waals surface area contributed by atoms with Crippen molar-refractivity contribution in [2.45, 2.75) is 33.0 Å². The highest BCUT2D eigenvalue weighted by Crippen LogP contribution is 2.33. The van der Waals surface area contributed by atoms with Crippen molar-refractivity contribution in [2.75, 3.05) is 26.2 Å². The van der Waals surface area contributed by atoms with Crippen LogP contribution in [0, 0.1) is 13.8 Å². The third-order valence-corrected chi connectivity index (χ3v) is 6.28. The maximum Gasteiger partial charge on any atom is 0.325 e. The van der Waals surface area contributed by atoms with Crippen LogP contribution in [-0.4, -0.2) is 67.9 Å². The Morgan fingerprint density at radius 1 is 1.19 bits per heavy atom. The Morgan fingerprint density at radius 2 is 1.91 bits per heavy atom. The van der Waals surface area contributed by atoms with E-state index in [1.54, 1.807) is 29.0 Å². The number of fused-ring (bicyclic) bond motifs is 1. The fourth-order valence-electron chi connectivity index (χ4n) is 4.40. The molecule has 9 nitrogen and oxygen atoms in total. The van der Waals surface area contributed by atoms with E-state index < -0.39 is 18.0 Å². The predicted octanol–water partition coefficient (Wildman–Crippen LogP) is 2.93. The lowest BCUT2D eigenvalue weighted by atomic mass is 10.0. The van der Waals surface area contributed by atoms with E-state index in [-0.39, 0.29) is 6.54 Å².